The van der Waals surface area contributed by atoms with Crippen LogP contribution < -0.4 is 15.2 Å². The molecular weight excluding hydrogens is 238 g/mol. The van der Waals surface area contributed by atoms with Crippen LogP contribution in [0.1, 0.15) is 18.5 Å². The van der Waals surface area contributed by atoms with Crippen LogP contribution in [0.15, 0.2) is 42.5 Å². The fourth-order valence-electron chi connectivity index (χ4n) is 2.01. The summed E-state index contributed by atoms with van der Waals surface area (Å²) >= 11 is 0. The standard InChI is InChI=1S/C16H19NO2/c1-11(17)12-4-6-13(7-5-12)15-10-14(18-2)8-9-16(15)19-3/h4-11H,17H2,1-3H3. The van der Waals surface area contributed by atoms with Crippen LogP contribution in [0, 0.1) is 0 Å². The van der Waals surface area contributed by atoms with Crippen molar-refractivity contribution in [2.45, 2.75) is 13.0 Å². The van der Waals surface area contributed by atoms with Crippen molar-refractivity contribution in [3.8, 4) is 22.6 Å². The van der Waals surface area contributed by atoms with Crippen molar-refractivity contribution in [1.29, 1.82) is 0 Å². The molecule has 0 heterocycles. The highest BCUT2D eigenvalue weighted by atomic mass is 16.5. The molecule has 0 fully saturated rings. The second-order valence-electron chi connectivity index (χ2n) is 4.48. The molecule has 2 aromatic carbocycles. The van der Waals surface area contributed by atoms with Gasteiger partial charge in [0.05, 0.1) is 14.2 Å². The van der Waals surface area contributed by atoms with E-state index in [1.807, 2.05) is 37.3 Å². The topological polar surface area (TPSA) is 44.5 Å². The van der Waals surface area contributed by atoms with E-state index in [0.29, 0.717) is 0 Å². The van der Waals surface area contributed by atoms with E-state index >= 15 is 0 Å². The van der Waals surface area contributed by atoms with Crippen LogP contribution in [0.3, 0.4) is 0 Å². The van der Waals surface area contributed by atoms with Gasteiger partial charge in [-0.05, 0) is 36.2 Å². The van der Waals surface area contributed by atoms with Gasteiger partial charge >= 0.3 is 0 Å². The van der Waals surface area contributed by atoms with E-state index in [4.69, 9.17) is 15.2 Å². The van der Waals surface area contributed by atoms with Gasteiger partial charge in [-0.3, -0.25) is 0 Å². The molecule has 2 rings (SSSR count). The molecule has 1 atom stereocenters. The fraction of sp³-hybridized carbons (Fsp3) is 0.250. The predicted octanol–water partition coefficient (Wildman–Crippen LogP) is 3.39. The molecule has 3 heteroatoms. The largest absolute Gasteiger partial charge is 0.497 e. The SMILES string of the molecule is COc1ccc(OC)c(-c2ccc(C(C)N)cc2)c1. The molecule has 3 nitrogen and oxygen atoms in total. The minimum Gasteiger partial charge on any atom is -0.497 e. The van der Waals surface area contributed by atoms with Crippen LogP contribution in [0.5, 0.6) is 11.5 Å². The van der Waals surface area contributed by atoms with Crippen molar-refractivity contribution in [3.63, 3.8) is 0 Å². The number of hydrogen-bond acceptors (Lipinski definition) is 3. The van der Waals surface area contributed by atoms with Crippen molar-refractivity contribution in [2.75, 3.05) is 14.2 Å². The normalized spacial score (nSPS) is 12.0. The van der Waals surface area contributed by atoms with E-state index in [-0.39, 0.29) is 6.04 Å². The van der Waals surface area contributed by atoms with Gasteiger partial charge in [0, 0.05) is 11.6 Å². The zero-order valence-electron chi connectivity index (χ0n) is 11.5. The smallest absolute Gasteiger partial charge is 0.126 e. The second kappa shape index (κ2) is 5.76. The number of ether oxygens (including phenoxy) is 2. The Morgan fingerprint density at radius 2 is 1.63 bits per heavy atom. The third kappa shape index (κ3) is 2.88. The number of hydrogen-bond donors (Lipinski definition) is 1. The Bertz CT molecular complexity index is 547. The summed E-state index contributed by atoms with van der Waals surface area (Å²) in [6.45, 7) is 1.97. The van der Waals surface area contributed by atoms with Crippen LogP contribution in [0.2, 0.25) is 0 Å². The first-order valence-electron chi connectivity index (χ1n) is 6.23. The molecule has 0 saturated carbocycles. The maximum absolute atomic E-state index is 5.86. The highest BCUT2D eigenvalue weighted by molar-refractivity contribution is 5.72. The average molecular weight is 257 g/mol. The zero-order valence-corrected chi connectivity index (χ0v) is 11.5. The lowest BCUT2D eigenvalue weighted by atomic mass is 10.0. The molecule has 1 unspecified atom stereocenters. The lowest BCUT2D eigenvalue weighted by molar-refractivity contribution is 0.404. The summed E-state index contributed by atoms with van der Waals surface area (Å²) in [7, 11) is 3.33. The molecule has 0 amide bonds. The van der Waals surface area contributed by atoms with E-state index in [2.05, 4.69) is 12.1 Å². The zero-order chi connectivity index (χ0) is 13.8. The second-order valence-corrected chi connectivity index (χ2v) is 4.48. The van der Waals surface area contributed by atoms with Crippen LogP contribution in [-0.2, 0) is 0 Å². The molecule has 100 valence electrons. The fourth-order valence-corrected chi connectivity index (χ4v) is 2.01. The summed E-state index contributed by atoms with van der Waals surface area (Å²) in [5, 5.41) is 0. The Morgan fingerprint density at radius 1 is 0.947 bits per heavy atom. The molecular formula is C16H19NO2. The quantitative estimate of drug-likeness (QED) is 0.913. The molecule has 0 radical (unpaired) electrons. The van der Waals surface area contributed by atoms with Gasteiger partial charge in [0.25, 0.3) is 0 Å². The molecule has 0 saturated heterocycles. The Kier molecular flexibility index (Phi) is 4.07. The van der Waals surface area contributed by atoms with Gasteiger partial charge < -0.3 is 15.2 Å². The maximum Gasteiger partial charge on any atom is 0.126 e. The number of nitrogens with two attached hydrogens (primary N) is 1. The molecule has 0 aliphatic rings. The molecule has 0 spiro atoms. The Balaban J connectivity index is 2.44. The molecule has 0 bridgehead atoms. The first kappa shape index (κ1) is 13.4. The van der Waals surface area contributed by atoms with Crippen molar-refractivity contribution in [3.05, 3.63) is 48.0 Å². The highest BCUT2D eigenvalue weighted by Gasteiger charge is 2.08. The van der Waals surface area contributed by atoms with E-state index in [1.165, 1.54) is 0 Å². The van der Waals surface area contributed by atoms with Gasteiger partial charge in [-0.1, -0.05) is 24.3 Å². The minimum atomic E-state index is 0.0428. The van der Waals surface area contributed by atoms with Gasteiger partial charge in [0.15, 0.2) is 0 Å². The molecule has 19 heavy (non-hydrogen) atoms. The summed E-state index contributed by atoms with van der Waals surface area (Å²) in [4.78, 5) is 0. The van der Waals surface area contributed by atoms with Crippen LogP contribution >= 0.6 is 0 Å². The van der Waals surface area contributed by atoms with Crippen LogP contribution in [-0.4, -0.2) is 14.2 Å². The first-order chi connectivity index (χ1) is 9.15. The van der Waals surface area contributed by atoms with E-state index < -0.39 is 0 Å². The van der Waals surface area contributed by atoms with Crippen molar-refractivity contribution < 1.29 is 9.47 Å². The Morgan fingerprint density at radius 3 is 2.16 bits per heavy atom. The van der Waals surface area contributed by atoms with E-state index in [0.717, 1.165) is 28.2 Å². The Hall–Kier alpha value is -2.00. The first-order valence-corrected chi connectivity index (χ1v) is 6.23. The molecule has 0 aliphatic heterocycles. The third-order valence-electron chi connectivity index (χ3n) is 3.15. The van der Waals surface area contributed by atoms with Crippen molar-refractivity contribution in [1.82, 2.24) is 0 Å². The molecule has 2 aromatic rings. The maximum atomic E-state index is 5.86. The lowest BCUT2D eigenvalue weighted by Gasteiger charge is -2.12. The van der Waals surface area contributed by atoms with Gasteiger partial charge in [0.2, 0.25) is 0 Å². The van der Waals surface area contributed by atoms with Gasteiger partial charge in [-0.2, -0.15) is 0 Å². The van der Waals surface area contributed by atoms with E-state index in [9.17, 15) is 0 Å². The summed E-state index contributed by atoms with van der Waals surface area (Å²) in [6, 6.07) is 14.0. The molecule has 0 aromatic heterocycles. The third-order valence-corrected chi connectivity index (χ3v) is 3.15. The number of methoxy groups -OCH3 is 2. The molecule has 2 N–H and O–H groups in total. The monoisotopic (exact) mass is 257 g/mol. The van der Waals surface area contributed by atoms with Crippen molar-refractivity contribution >= 4 is 0 Å². The summed E-state index contributed by atoms with van der Waals surface area (Å²) in [5.41, 5.74) is 9.07. The van der Waals surface area contributed by atoms with Crippen LogP contribution in [0.25, 0.3) is 11.1 Å². The van der Waals surface area contributed by atoms with E-state index in [1.54, 1.807) is 14.2 Å². The van der Waals surface area contributed by atoms with Crippen molar-refractivity contribution in [2.24, 2.45) is 5.73 Å². The molecule has 0 aliphatic carbocycles. The summed E-state index contributed by atoms with van der Waals surface area (Å²) in [6.07, 6.45) is 0. The van der Waals surface area contributed by atoms with Gasteiger partial charge in [-0.25, -0.2) is 0 Å². The predicted molar refractivity (Wildman–Crippen MR) is 77.6 cm³/mol. The highest BCUT2D eigenvalue weighted by Crippen LogP contribution is 2.33. The summed E-state index contributed by atoms with van der Waals surface area (Å²) < 4.78 is 10.7. The summed E-state index contributed by atoms with van der Waals surface area (Å²) in [5.74, 6) is 1.64. The van der Waals surface area contributed by atoms with Crippen LogP contribution in [0.4, 0.5) is 0 Å². The number of rotatable bonds is 4. The van der Waals surface area contributed by atoms with Gasteiger partial charge in [-0.15, -0.1) is 0 Å². The average Bonchev–Trinajstić information content (AvgIpc) is 2.46. The van der Waals surface area contributed by atoms with Gasteiger partial charge in [0.1, 0.15) is 11.5 Å². The Labute approximate surface area is 114 Å². The lowest BCUT2D eigenvalue weighted by Crippen LogP contribution is -2.04. The minimum absolute atomic E-state index is 0.0428. The number of benzene rings is 2.